The molecule has 0 saturated carbocycles. The van der Waals surface area contributed by atoms with Crippen molar-refractivity contribution in [2.45, 2.75) is 33.2 Å². The molecule has 0 amide bonds. The molecule has 0 aliphatic rings. The molecule has 1 heterocycles. The largest absolute Gasteiger partial charge is 0.265 e. The van der Waals surface area contributed by atoms with Gasteiger partial charge in [0.15, 0.2) is 0 Å². The normalized spacial score (nSPS) is 10.9. The number of hydrogen-bond acceptors (Lipinski definition) is 1. The molecule has 96 valence electrons. The first-order valence-electron chi connectivity index (χ1n) is 6.13. The molecule has 18 heavy (non-hydrogen) atoms. The Labute approximate surface area is 118 Å². The maximum atomic E-state index is 6.18. The van der Waals surface area contributed by atoms with E-state index in [0.717, 1.165) is 29.1 Å². The van der Waals surface area contributed by atoms with Crippen LogP contribution in [0.25, 0.3) is 0 Å². The van der Waals surface area contributed by atoms with E-state index in [2.05, 4.69) is 25.0 Å². The van der Waals surface area contributed by atoms with Crippen LogP contribution < -0.4 is 0 Å². The Morgan fingerprint density at radius 2 is 1.89 bits per heavy atom. The van der Waals surface area contributed by atoms with Crippen molar-refractivity contribution in [3.8, 4) is 0 Å². The van der Waals surface area contributed by atoms with Crippen LogP contribution in [0.1, 0.15) is 30.8 Å². The highest BCUT2D eigenvalue weighted by Crippen LogP contribution is 2.22. The minimum absolute atomic E-state index is 0.669. The first-order valence-corrected chi connectivity index (χ1v) is 6.89. The molecule has 0 atom stereocenters. The molecule has 2 rings (SSSR count). The van der Waals surface area contributed by atoms with E-state index in [0.29, 0.717) is 11.6 Å². The lowest BCUT2D eigenvalue weighted by atomic mass is 10.2. The van der Waals surface area contributed by atoms with E-state index in [4.69, 9.17) is 23.2 Å². The van der Waals surface area contributed by atoms with Crippen molar-refractivity contribution in [3.63, 3.8) is 0 Å². The number of halogens is 2. The number of benzene rings is 1. The topological polar surface area (TPSA) is 17.8 Å². The predicted molar refractivity (Wildman–Crippen MR) is 76.5 cm³/mol. The Hall–Kier alpha value is -0.990. The van der Waals surface area contributed by atoms with E-state index in [9.17, 15) is 0 Å². The van der Waals surface area contributed by atoms with Gasteiger partial charge in [0.2, 0.25) is 0 Å². The maximum Gasteiger partial charge on any atom is 0.0677 e. The van der Waals surface area contributed by atoms with Gasteiger partial charge in [0.25, 0.3) is 0 Å². The standard InChI is InChI=1S/C14H16Cl2N2/c1-3-12-8-13(4-2)18(17-12)9-10-7-11(15)5-6-14(10)16/h5-8H,3-4,9H2,1-2H3. The van der Waals surface area contributed by atoms with Crippen LogP contribution in [0, 0.1) is 0 Å². The molecular weight excluding hydrogens is 267 g/mol. The van der Waals surface area contributed by atoms with E-state index < -0.39 is 0 Å². The Morgan fingerprint density at radius 1 is 1.11 bits per heavy atom. The molecule has 0 aliphatic heterocycles. The molecule has 0 fully saturated rings. The first kappa shape index (κ1) is 13.4. The third-order valence-corrected chi connectivity index (χ3v) is 3.57. The molecule has 0 saturated heterocycles. The minimum Gasteiger partial charge on any atom is -0.265 e. The average Bonchev–Trinajstić information content (AvgIpc) is 2.76. The van der Waals surface area contributed by atoms with E-state index in [1.54, 1.807) is 6.07 Å². The third kappa shape index (κ3) is 2.88. The van der Waals surface area contributed by atoms with Gasteiger partial charge in [0, 0.05) is 15.7 Å². The number of hydrogen-bond donors (Lipinski definition) is 0. The monoisotopic (exact) mass is 282 g/mol. The van der Waals surface area contributed by atoms with Crippen molar-refractivity contribution in [1.82, 2.24) is 9.78 Å². The van der Waals surface area contributed by atoms with E-state index in [-0.39, 0.29) is 0 Å². The molecule has 0 spiro atoms. The zero-order valence-corrected chi connectivity index (χ0v) is 12.1. The summed E-state index contributed by atoms with van der Waals surface area (Å²) in [5, 5.41) is 6.02. The summed E-state index contributed by atoms with van der Waals surface area (Å²) in [6.45, 7) is 4.91. The van der Waals surface area contributed by atoms with Gasteiger partial charge < -0.3 is 0 Å². The maximum absolute atomic E-state index is 6.18. The quantitative estimate of drug-likeness (QED) is 0.815. The van der Waals surface area contributed by atoms with Crippen LogP contribution in [-0.4, -0.2) is 9.78 Å². The molecule has 2 aromatic rings. The molecule has 1 aromatic carbocycles. The molecule has 1 aromatic heterocycles. The fourth-order valence-electron chi connectivity index (χ4n) is 1.94. The van der Waals surface area contributed by atoms with Crippen molar-refractivity contribution < 1.29 is 0 Å². The Kier molecular flexibility index (Phi) is 4.31. The van der Waals surface area contributed by atoms with Crippen molar-refractivity contribution >= 4 is 23.2 Å². The SMILES string of the molecule is CCc1cc(CC)n(Cc2cc(Cl)ccc2Cl)n1. The Balaban J connectivity index is 2.32. The summed E-state index contributed by atoms with van der Waals surface area (Å²) < 4.78 is 2.01. The summed E-state index contributed by atoms with van der Waals surface area (Å²) in [4.78, 5) is 0. The second kappa shape index (κ2) is 5.77. The molecule has 0 radical (unpaired) electrons. The van der Waals surface area contributed by atoms with E-state index >= 15 is 0 Å². The lowest BCUT2D eigenvalue weighted by Gasteiger charge is -2.08. The van der Waals surface area contributed by atoms with Gasteiger partial charge in [-0.2, -0.15) is 5.10 Å². The van der Waals surface area contributed by atoms with Gasteiger partial charge in [0.1, 0.15) is 0 Å². The van der Waals surface area contributed by atoms with Crippen LogP contribution in [0.15, 0.2) is 24.3 Å². The summed E-state index contributed by atoms with van der Waals surface area (Å²) in [6, 6.07) is 7.68. The lowest BCUT2D eigenvalue weighted by molar-refractivity contribution is 0.640. The fourth-order valence-corrected chi connectivity index (χ4v) is 2.31. The summed E-state index contributed by atoms with van der Waals surface area (Å²) in [5.41, 5.74) is 3.34. The van der Waals surface area contributed by atoms with Crippen molar-refractivity contribution in [3.05, 3.63) is 51.3 Å². The van der Waals surface area contributed by atoms with E-state index in [1.807, 2.05) is 16.8 Å². The van der Waals surface area contributed by atoms with Gasteiger partial charge >= 0.3 is 0 Å². The Morgan fingerprint density at radius 3 is 2.56 bits per heavy atom. The molecule has 0 aliphatic carbocycles. The number of aryl methyl sites for hydroxylation is 2. The second-order valence-electron chi connectivity index (χ2n) is 4.23. The first-order chi connectivity index (χ1) is 8.63. The van der Waals surface area contributed by atoms with Gasteiger partial charge in [-0.25, -0.2) is 0 Å². The van der Waals surface area contributed by atoms with E-state index in [1.165, 1.54) is 5.69 Å². The van der Waals surface area contributed by atoms with Gasteiger partial charge in [-0.05, 0) is 42.7 Å². The third-order valence-electron chi connectivity index (χ3n) is 2.97. The highest BCUT2D eigenvalue weighted by Gasteiger charge is 2.08. The van der Waals surface area contributed by atoms with Crippen LogP contribution in [0.3, 0.4) is 0 Å². The highest BCUT2D eigenvalue weighted by atomic mass is 35.5. The van der Waals surface area contributed by atoms with Crippen LogP contribution in [-0.2, 0) is 19.4 Å². The molecule has 0 unspecified atom stereocenters. The van der Waals surface area contributed by atoms with Crippen molar-refractivity contribution in [1.29, 1.82) is 0 Å². The van der Waals surface area contributed by atoms with Crippen molar-refractivity contribution in [2.24, 2.45) is 0 Å². The van der Waals surface area contributed by atoms with Gasteiger partial charge in [0.05, 0.1) is 12.2 Å². The smallest absolute Gasteiger partial charge is 0.0677 e. The summed E-state index contributed by atoms with van der Waals surface area (Å²) in [6.07, 6.45) is 1.91. The Bertz CT molecular complexity index is 547. The minimum atomic E-state index is 0.669. The second-order valence-corrected chi connectivity index (χ2v) is 5.07. The van der Waals surface area contributed by atoms with Crippen molar-refractivity contribution in [2.75, 3.05) is 0 Å². The zero-order valence-electron chi connectivity index (χ0n) is 10.6. The van der Waals surface area contributed by atoms with Crippen LogP contribution in [0.4, 0.5) is 0 Å². The van der Waals surface area contributed by atoms with Crippen LogP contribution in [0.2, 0.25) is 10.0 Å². The van der Waals surface area contributed by atoms with Gasteiger partial charge in [-0.15, -0.1) is 0 Å². The van der Waals surface area contributed by atoms with Crippen LogP contribution in [0.5, 0.6) is 0 Å². The lowest BCUT2D eigenvalue weighted by Crippen LogP contribution is -2.06. The molecule has 2 nitrogen and oxygen atoms in total. The molecular formula is C14H16Cl2N2. The number of aromatic nitrogens is 2. The van der Waals surface area contributed by atoms with Gasteiger partial charge in [-0.3, -0.25) is 4.68 Å². The highest BCUT2D eigenvalue weighted by molar-refractivity contribution is 6.33. The van der Waals surface area contributed by atoms with Gasteiger partial charge in [-0.1, -0.05) is 37.0 Å². The fraction of sp³-hybridized carbons (Fsp3) is 0.357. The van der Waals surface area contributed by atoms with Crippen LogP contribution >= 0.6 is 23.2 Å². The molecule has 0 bridgehead atoms. The number of nitrogens with zero attached hydrogens (tertiary/aromatic N) is 2. The molecule has 4 heteroatoms. The summed E-state index contributed by atoms with van der Waals surface area (Å²) in [7, 11) is 0. The summed E-state index contributed by atoms with van der Waals surface area (Å²) in [5.74, 6) is 0. The average molecular weight is 283 g/mol. The number of rotatable bonds is 4. The molecule has 0 N–H and O–H groups in total. The summed E-state index contributed by atoms with van der Waals surface area (Å²) >= 11 is 12.2. The zero-order chi connectivity index (χ0) is 13.1. The predicted octanol–water partition coefficient (Wildman–Crippen LogP) is 4.36.